The van der Waals surface area contributed by atoms with E-state index in [1.54, 1.807) is 6.07 Å². The lowest BCUT2D eigenvalue weighted by molar-refractivity contribution is 0.0911. The maximum Gasteiger partial charge on any atom is 0.287 e. The molecular weight excluding hydrogens is 246 g/mol. The highest BCUT2D eigenvalue weighted by Crippen LogP contribution is 2.09. The van der Waals surface area contributed by atoms with Crippen molar-refractivity contribution in [3.05, 3.63) is 23.7 Å². The molecule has 14 heavy (non-hydrogen) atoms. The lowest BCUT2D eigenvalue weighted by atomic mass is 10.2. The standard InChI is InChI=1S/C10H14BrNO2/c1-3-8(6-11)12-10(13)9-7(2)4-5-14-9/h4-5,8H,3,6H2,1-2H3,(H,12,13). The second-order valence-electron chi connectivity index (χ2n) is 3.17. The zero-order valence-corrected chi connectivity index (χ0v) is 9.93. The molecule has 1 N–H and O–H groups in total. The van der Waals surface area contributed by atoms with Crippen molar-refractivity contribution >= 4 is 21.8 Å². The van der Waals surface area contributed by atoms with Gasteiger partial charge in [0.1, 0.15) is 0 Å². The summed E-state index contributed by atoms with van der Waals surface area (Å²) in [7, 11) is 0. The Morgan fingerprint density at radius 3 is 2.86 bits per heavy atom. The predicted octanol–water partition coefficient (Wildman–Crippen LogP) is 2.49. The van der Waals surface area contributed by atoms with Crippen molar-refractivity contribution in [2.75, 3.05) is 5.33 Å². The van der Waals surface area contributed by atoms with E-state index in [1.807, 2.05) is 13.8 Å². The molecule has 1 rings (SSSR count). The average Bonchev–Trinajstić information content (AvgIpc) is 2.60. The van der Waals surface area contributed by atoms with E-state index < -0.39 is 0 Å². The molecule has 1 atom stereocenters. The lowest BCUT2D eigenvalue weighted by Gasteiger charge is -2.12. The van der Waals surface area contributed by atoms with Gasteiger partial charge in [-0.05, 0) is 19.4 Å². The van der Waals surface area contributed by atoms with Crippen LogP contribution in [0.5, 0.6) is 0 Å². The summed E-state index contributed by atoms with van der Waals surface area (Å²) >= 11 is 3.34. The Morgan fingerprint density at radius 1 is 1.71 bits per heavy atom. The fraction of sp³-hybridized carbons (Fsp3) is 0.500. The van der Waals surface area contributed by atoms with Crippen LogP contribution in [0.2, 0.25) is 0 Å². The first kappa shape index (κ1) is 11.3. The average molecular weight is 260 g/mol. The zero-order valence-electron chi connectivity index (χ0n) is 8.34. The van der Waals surface area contributed by atoms with E-state index >= 15 is 0 Å². The minimum atomic E-state index is -0.140. The minimum absolute atomic E-state index is 0.140. The Morgan fingerprint density at radius 2 is 2.43 bits per heavy atom. The summed E-state index contributed by atoms with van der Waals surface area (Å²) < 4.78 is 5.09. The Kier molecular flexibility index (Phi) is 4.20. The largest absolute Gasteiger partial charge is 0.459 e. The van der Waals surface area contributed by atoms with Gasteiger partial charge in [-0.3, -0.25) is 4.79 Å². The molecule has 0 aliphatic rings. The van der Waals surface area contributed by atoms with Gasteiger partial charge in [0.25, 0.3) is 5.91 Å². The van der Waals surface area contributed by atoms with Gasteiger partial charge in [-0.2, -0.15) is 0 Å². The van der Waals surface area contributed by atoms with Crippen molar-refractivity contribution in [2.24, 2.45) is 0 Å². The summed E-state index contributed by atoms with van der Waals surface area (Å²) in [5.74, 6) is 0.267. The monoisotopic (exact) mass is 259 g/mol. The Labute approximate surface area is 92.0 Å². The molecule has 0 aliphatic heterocycles. The molecule has 1 aromatic rings. The molecular formula is C10H14BrNO2. The molecule has 4 heteroatoms. The van der Waals surface area contributed by atoms with Crippen molar-refractivity contribution in [3.63, 3.8) is 0 Å². The van der Waals surface area contributed by atoms with Crippen molar-refractivity contribution in [2.45, 2.75) is 26.3 Å². The number of halogens is 1. The number of hydrogen-bond donors (Lipinski definition) is 1. The topological polar surface area (TPSA) is 42.2 Å². The van der Waals surface area contributed by atoms with Crippen LogP contribution in [0.15, 0.2) is 16.7 Å². The normalized spacial score (nSPS) is 12.5. The Hall–Kier alpha value is -0.770. The highest BCUT2D eigenvalue weighted by Gasteiger charge is 2.15. The summed E-state index contributed by atoms with van der Waals surface area (Å²) in [5.41, 5.74) is 0.868. The van der Waals surface area contributed by atoms with Crippen molar-refractivity contribution in [1.29, 1.82) is 0 Å². The first-order chi connectivity index (χ1) is 6.69. The number of amides is 1. The van der Waals surface area contributed by atoms with E-state index in [-0.39, 0.29) is 11.9 Å². The van der Waals surface area contributed by atoms with Crippen LogP contribution in [0.4, 0.5) is 0 Å². The summed E-state index contributed by atoms with van der Waals surface area (Å²) in [4.78, 5) is 11.6. The third kappa shape index (κ3) is 2.61. The van der Waals surface area contributed by atoms with E-state index in [9.17, 15) is 4.79 Å². The van der Waals surface area contributed by atoms with Gasteiger partial charge in [-0.1, -0.05) is 22.9 Å². The van der Waals surface area contributed by atoms with Gasteiger partial charge in [-0.15, -0.1) is 0 Å². The second-order valence-corrected chi connectivity index (χ2v) is 3.81. The number of furan rings is 1. The minimum Gasteiger partial charge on any atom is -0.459 e. The van der Waals surface area contributed by atoms with Crippen LogP contribution in [0, 0.1) is 6.92 Å². The summed E-state index contributed by atoms with van der Waals surface area (Å²) in [5, 5.41) is 3.64. The molecule has 0 bridgehead atoms. The Balaban J connectivity index is 2.63. The molecule has 0 aliphatic carbocycles. The Bertz CT molecular complexity index is 305. The molecule has 0 radical (unpaired) electrons. The molecule has 0 fully saturated rings. The number of alkyl halides is 1. The van der Waals surface area contributed by atoms with E-state index in [2.05, 4.69) is 21.2 Å². The van der Waals surface area contributed by atoms with E-state index in [4.69, 9.17) is 4.42 Å². The first-order valence-corrected chi connectivity index (χ1v) is 5.72. The third-order valence-corrected chi connectivity index (χ3v) is 2.86. The fourth-order valence-corrected chi connectivity index (χ4v) is 1.73. The van der Waals surface area contributed by atoms with Gasteiger partial charge >= 0.3 is 0 Å². The SMILES string of the molecule is CCC(CBr)NC(=O)c1occc1C. The number of carbonyl (C=O) groups excluding carboxylic acids is 1. The molecule has 1 heterocycles. The van der Waals surface area contributed by atoms with Crippen molar-refractivity contribution < 1.29 is 9.21 Å². The second kappa shape index (κ2) is 5.20. The highest BCUT2D eigenvalue weighted by atomic mass is 79.9. The molecule has 1 unspecified atom stereocenters. The fourth-order valence-electron chi connectivity index (χ4n) is 1.11. The third-order valence-electron chi connectivity index (χ3n) is 2.08. The van der Waals surface area contributed by atoms with Crippen molar-refractivity contribution in [3.8, 4) is 0 Å². The number of nitrogens with one attached hydrogen (secondary N) is 1. The first-order valence-electron chi connectivity index (χ1n) is 4.60. The molecule has 3 nitrogen and oxygen atoms in total. The van der Waals surface area contributed by atoms with E-state index in [0.717, 1.165) is 17.3 Å². The summed E-state index contributed by atoms with van der Waals surface area (Å²) in [6.45, 7) is 3.88. The number of carbonyl (C=O) groups is 1. The summed E-state index contributed by atoms with van der Waals surface area (Å²) in [6, 6.07) is 1.94. The molecule has 0 saturated heterocycles. The van der Waals surface area contributed by atoms with Gasteiger partial charge in [-0.25, -0.2) is 0 Å². The molecule has 0 aromatic carbocycles. The van der Waals surface area contributed by atoms with Crippen LogP contribution in [-0.2, 0) is 0 Å². The van der Waals surface area contributed by atoms with Crippen LogP contribution in [-0.4, -0.2) is 17.3 Å². The molecule has 0 saturated carbocycles. The zero-order chi connectivity index (χ0) is 10.6. The summed E-state index contributed by atoms with van der Waals surface area (Å²) in [6.07, 6.45) is 2.43. The number of rotatable bonds is 4. The van der Waals surface area contributed by atoms with Crippen LogP contribution in [0.3, 0.4) is 0 Å². The van der Waals surface area contributed by atoms with Crippen LogP contribution >= 0.6 is 15.9 Å². The van der Waals surface area contributed by atoms with Crippen LogP contribution in [0.1, 0.15) is 29.5 Å². The van der Waals surface area contributed by atoms with Crippen molar-refractivity contribution in [1.82, 2.24) is 5.32 Å². The van der Waals surface area contributed by atoms with E-state index in [1.165, 1.54) is 6.26 Å². The molecule has 1 amide bonds. The van der Waals surface area contributed by atoms with Crippen LogP contribution < -0.4 is 5.32 Å². The quantitative estimate of drug-likeness (QED) is 0.845. The predicted molar refractivity (Wildman–Crippen MR) is 58.8 cm³/mol. The number of hydrogen-bond acceptors (Lipinski definition) is 2. The highest BCUT2D eigenvalue weighted by molar-refractivity contribution is 9.09. The van der Waals surface area contributed by atoms with Gasteiger partial charge in [0.15, 0.2) is 5.76 Å². The van der Waals surface area contributed by atoms with Gasteiger partial charge < -0.3 is 9.73 Å². The molecule has 0 spiro atoms. The molecule has 78 valence electrons. The van der Waals surface area contributed by atoms with Gasteiger partial charge in [0, 0.05) is 16.9 Å². The number of aryl methyl sites for hydroxylation is 1. The van der Waals surface area contributed by atoms with E-state index in [0.29, 0.717) is 5.76 Å². The smallest absolute Gasteiger partial charge is 0.287 e. The molecule has 1 aromatic heterocycles. The van der Waals surface area contributed by atoms with Crippen LogP contribution in [0.25, 0.3) is 0 Å². The maximum atomic E-state index is 11.6. The van der Waals surface area contributed by atoms with Gasteiger partial charge in [0.05, 0.1) is 6.26 Å². The van der Waals surface area contributed by atoms with Gasteiger partial charge in [0.2, 0.25) is 0 Å². The maximum absolute atomic E-state index is 11.6. The lowest BCUT2D eigenvalue weighted by Crippen LogP contribution is -2.35.